The number of benzene rings is 2. The molecule has 0 N–H and O–H groups in total. The maximum absolute atomic E-state index is 14.6. The topological polar surface area (TPSA) is 3.24 Å². The molecule has 1 nitrogen and oxygen atoms in total. The van der Waals surface area contributed by atoms with Gasteiger partial charge in [-0.25, -0.2) is 4.39 Å². The number of nitrogens with zero attached hydrogens (tertiary/aromatic N) is 1. The summed E-state index contributed by atoms with van der Waals surface area (Å²) in [4.78, 5) is 2.63. The SMILES string of the molecule is CCCCCN1CCCc2ccc(CCC(CC)C(CCC)c3ccc(CC)c(F)c3)cc21. The Morgan fingerprint density at radius 2 is 1.79 bits per heavy atom. The van der Waals surface area contributed by atoms with Crippen LogP contribution in [0.5, 0.6) is 0 Å². The Balaban J connectivity index is 1.72. The molecular formula is C31H46FN. The minimum absolute atomic E-state index is 0.0243. The highest BCUT2D eigenvalue weighted by Crippen LogP contribution is 2.36. The van der Waals surface area contributed by atoms with Crippen LogP contribution < -0.4 is 4.90 Å². The van der Waals surface area contributed by atoms with Crippen LogP contribution in [0.25, 0.3) is 0 Å². The second kappa shape index (κ2) is 13.2. The summed E-state index contributed by atoms with van der Waals surface area (Å²) in [5.74, 6) is 1.01. The van der Waals surface area contributed by atoms with Gasteiger partial charge in [0.1, 0.15) is 5.82 Å². The van der Waals surface area contributed by atoms with Crippen LogP contribution in [0.15, 0.2) is 36.4 Å². The highest BCUT2D eigenvalue weighted by molar-refractivity contribution is 5.57. The third kappa shape index (κ3) is 6.84. The summed E-state index contributed by atoms with van der Waals surface area (Å²) in [6.07, 6.45) is 12.9. The van der Waals surface area contributed by atoms with Crippen LogP contribution in [-0.4, -0.2) is 13.1 Å². The van der Waals surface area contributed by atoms with Crippen molar-refractivity contribution in [1.29, 1.82) is 0 Å². The summed E-state index contributed by atoms with van der Waals surface area (Å²) in [7, 11) is 0. The van der Waals surface area contributed by atoms with E-state index in [0.29, 0.717) is 11.8 Å². The zero-order chi connectivity index (χ0) is 23.6. The Labute approximate surface area is 202 Å². The molecule has 2 unspecified atom stereocenters. The number of hydrogen-bond donors (Lipinski definition) is 0. The number of unbranched alkanes of at least 4 members (excludes halogenated alkanes) is 2. The summed E-state index contributed by atoms with van der Waals surface area (Å²) in [5.41, 5.74) is 6.53. The van der Waals surface area contributed by atoms with Crippen LogP contribution in [0.2, 0.25) is 0 Å². The summed E-state index contributed by atoms with van der Waals surface area (Å²) in [6.45, 7) is 11.3. The predicted octanol–water partition coefficient (Wildman–Crippen LogP) is 8.87. The first-order valence-corrected chi connectivity index (χ1v) is 13.8. The Hall–Kier alpha value is -1.83. The van der Waals surface area contributed by atoms with E-state index < -0.39 is 0 Å². The summed E-state index contributed by atoms with van der Waals surface area (Å²) < 4.78 is 14.6. The van der Waals surface area contributed by atoms with Crippen molar-refractivity contribution in [1.82, 2.24) is 0 Å². The predicted molar refractivity (Wildman–Crippen MR) is 142 cm³/mol. The molecule has 0 radical (unpaired) electrons. The molecule has 3 rings (SSSR count). The molecule has 0 amide bonds. The lowest BCUT2D eigenvalue weighted by atomic mass is 9.78. The van der Waals surface area contributed by atoms with Crippen molar-refractivity contribution in [2.24, 2.45) is 5.92 Å². The highest BCUT2D eigenvalue weighted by Gasteiger charge is 2.23. The largest absolute Gasteiger partial charge is 0.371 e. The van der Waals surface area contributed by atoms with Crippen molar-refractivity contribution in [3.8, 4) is 0 Å². The number of halogens is 1. The number of rotatable bonds is 13. The van der Waals surface area contributed by atoms with Crippen molar-refractivity contribution in [3.05, 3.63) is 64.5 Å². The molecule has 0 fully saturated rings. The lowest BCUT2D eigenvalue weighted by Crippen LogP contribution is -2.30. The number of fused-ring (bicyclic) bond motifs is 1. The van der Waals surface area contributed by atoms with Gasteiger partial charge in [-0.05, 0) is 91.2 Å². The van der Waals surface area contributed by atoms with Crippen LogP contribution in [0.4, 0.5) is 10.1 Å². The van der Waals surface area contributed by atoms with Crippen molar-refractivity contribution < 1.29 is 4.39 Å². The summed E-state index contributed by atoms with van der Waals surface area (Å²) in [6, 6.07) is 13.3. The average molecular weight is 452 g/mol. The zero-order valence-electron chi connectivity index (χ0n) is 21.6. The van der Waals surface area contributed by atoms with Gasteiger partial charge in [0.25, 0.3) is 0 Å². The maximum atomic E-state index is 14.6. The quantitative estimate of drug-likeness (QED) is 0.275. The number of aryl methyl sites for hydroxylation is 3. The van der Waals surface area contributed by atoms with Gasteiger partial charge in [0.05, 0.1) is 0 Å². The monoisotopic (exact) mass is 451 g/mol. The molecule has 0 aliphatic carbocycles. The smallest absolute Gasteiger partial charge is 0.126 e. The van der Waals surface area contributed by atoms with Crippen molar-refractivity contribution >= 4 is 5.69 Å². The molecule has 0 saturated carbocycles. The second-order valence-electron chi connectivity index (χ2n) is 10.1. The molecule has 182 valence electrons. The van der Waals surface area contributed by atoms with E-state index in [9.17, 15) is 4.39 Å². The van der Waals surface area contributed by atoms with Crippen LogP contribution in [0.1, 0.15) is 107 Å². The fraction of sp³-hybridized carbons (Fsp3) is 0.613. The van der Waals surface area contributed by atoms with E-state index in [1.54, 1.807) is 0 Å². The van der Waals surface area contributed by atoms with Gasteiger partial charge in [-0.15, -0.1) is 0 Å². The molecule has 33 heavy (non-hydrogen) atoms. The molecule has 0 saturated heterocycles. The molecule has 2 heteroatoms. The Kier molecular flexibility index (Phi) is 10.3. The molecule has 2 aromatic carbocycles. The first-order chi connectivity index (χ1) is 16.1. The van der Waals surface area contributed by atoms with E-state index in [-0.39, 0.29) is 5.82 Å². The van der Waals surface area contributed by atoms with Gasteiger partial charge in [0, 0.05) is 18.8 Å². The van der Waals surface area contributed by atoms with E-state index in [2.05, 4.69) is 49.9 Å². The lowest BCUT2D eigenvalue weighted by Gasteiger charge is -2.32. The van der Waals surface area contributed by atoms with Crippen LogP contribution in [-0.2, 0) is 19.3 Å². The molecule has 0 spiro atoms. The average Bonchev–Trinajstić information content (AvgIpc) is 2.84. The van der Waals surface area contributed by atoms with Crippen LogP contribution in [0.3, 0.4) is 0 Å². The van der Waals surface area contributed by atoms with Crippen molar-refractivity contribution in [2.45, 2.75) is 104 Å². The van der Waals surface area contributed by atoms with E-state index in [4.69, 9.17) is 0 Å². The van der Waals surface area contributed by atoms with Gasteiger partial charge in [-0.2, -0.15) is 0 Å². The molecule has 1 heterocycles. The fourth-order valence-corrected chi connectivity index (χ4v) is 5.74. The van der Waals surface area contributed by atoms with Crippen molar-refractivity contribution in [3.63, 3.8) is 0 Å². The Morgan fingerprint density at radius 3 is 2.48 bits per heavy atom. The summed E-state index contributed by atoms with van der Waals surface area (Å²) in [5, 5.41) is 0. The normalized spacial score (nSPS) is 15.4. The van der Waals surface area contributed by atoms with Gasteiger partial charge in [-0.1, -0.05) is 77.6 Å². The van der Waals surface area contributed by atoms with E-state index in [0.717, 1.165) is 37.7 Å². The molecule has 2 aromatic rings. The summed E-state index contributed by atoms with van der Waals surface area (Å²) >= 11 is 0. The standard InChI is InChI=1S/C31H46FN/c1-5-9-10-20-33-21-11-13-27-17-15-24(22-31(27)33)14-16-25(7-3)29(12-6-2)28-19-18-26(8-4)30(32)23-28/h15,17-19,22-23,25,29H,5-14,16,20-21H2,1-4H3. The molecule has 1 aliphatic rings. The van der Waals surface area contributed by atoms with Crippen LogP contribution >= 0.6 is 0 Å². The first kappa shape index (κ1) is 25.8. The van der Waals surface area contributed by atoms with Gasteiger partial charge in [0.2, 0.25) is 0 Å². The molecule has 0 aromatic heterocycles. The third-order valence-electron chi connectivity index (χ3n) is 7.78. The first-order valence-electron chi connectivity index (χ1n) is 13.8. The van der Waals surface area contributed by atoms with Crippen molar-refractivity contribution in [2.75, 3.05) is 18.0 Å². The molecule has 2 atom stereocenters. The number of hydrogen-bond acceptors (Lipinski definition) is 1. The Morgan fingerprint density at radius 1 is 0.939 bits per heavy atom. The highest BCUT2D eigenvalue weighted by atomic mass is 19.1. The minimum Gasteiger partial charge on any atom is -0.371 e. The maximum Gasteiger partial charge on any atom is 0.126 e. The zero-order valence-corrected chi connectivity index (χ0v) is 21.6. The van der Waals surface area contributed by atoms with E-state index >= 15 is 0 Å². The second-order valence-corrected chi connectivity index (χ2v) is 10.1. The third-order valence-corrected chi connectivity index (χ3v) is 7.78. The Bertz CT molecular complexity index is 858. The van der Waals surface area contributed by atoms with Gasteiger partial charge in [-0.3, -0.25) is 0 Å². The van der Waals surface area contributed by atoms with Gasteiger partial charge >= 0.3 is 0 Å². The molecule has 1 aliphatic heterocycles. The fourth-order valence-electron chi connectivity index (χ4n) is 5.74. The molecular weight excluding hydrogens is 405 g/mol. The van der Waals surface area contributed by atoms with E-state index in [1.165, 1.54) is 74.0 Å². The molecule has 0 bridgehead atoms. The number of anilines is 1. The lowest BCUT2D eigenvalue weighted by molar-refractivity contribution is 0.362. The minimum atomic E-state index is -0.0243. The van der Waals surface area contributed by atoms with Crippen LogP contribution in [0, 0.1) is 11.7 Å². The van der Waals surface area contributed by atoms with Gasteiger partial charge in [0.15, 0.2) is 0 Å². The van der Waals surface area contributed by atoms with Gasteiger partial charge < -0.3 is 4.90 Å². The van der Waals surface area contributed by atoms with E-state index in [1.807, 2.05) is 19.1 Å².